The topological polar surface area (TPSA) is 110 Å². The monoisotopic (exact) mass is 493 g/mol. The number of nitrogens with zero attached hydrogens (tertiary/aromatic N) is 1. The fourth-order valence-electron chi connectivity index (χ4n) is 4.09. The molecule has 3 rings (SSSR count). The molecule has 0 atom stereocenters. The molecule has 3 N–H and O–H groups in total. The molecule has 7 nitrogen and oxygen atoms in total. The van der Waals surface area contributed by atoms with Gasteiger partial charge in [0.15, 0.2) is 0 Å². The van der Waals surface area contributed by atoms with Crippen LogP contribution in [0.1, 0.15) is 33.4 Å². The van der Waals surface area contributed by atoms with Crippen LogP contribution in [-0.4, -0.2) is 31.1 Å². The third-order valence-electron chi connectivity index (χ3n) is 5.62. The zero-order valence-corrected chi connectivity index (χ0v) is 21.3. The molecule has 0 heterocycles. The fourth-order valence-corrected chi connectivity index (χ4v) is 5.89. The number of sulfonamides is 1. The van der Waals surface area contributed by atoms with Crippen LogP contribution in [0.5, 0.6) is 0 Å². The standard InChI is InChI=1S/C27H31N3O4S/c1-18-5-7-23(8-6-18)16-30(35(33,34)27-20(3)13-19(2)14-21(27)4)17-26(32)29-24-11-9-22(10-12-24)15-25(28)31/h5-14H,15-17H2,1-4H3,(H2,28,31)(H,29,32). The smallest absolute Gasteiger partial charge is 0.244 e. The lowest BCUT2D eigenvalue weighted by Gasteiger charge is -2.24. The number of nitrogens with two attached hydrogens (primary N) is 1. The van der Waals surface area contributed by atoms with Gasteiger partial charge in [-0.25, -0.2) is 8.42 Å². The second-order valence-corrected chi connectivity index (χ2v) is 10.7. The molecule has 0 aliphatic rings. The number of anilines is 1. The van der Waals surface area contributed by atoms with Crippen molar-refractivity contribution in [3.8, 4) is 0 Å². The van der Waals surface area contributed by atoms with Crippen molar-refractivity contribution in [2.75, 3.05) is 11.9 Å². The van der Waals surface area contributed by atoms with Gasteiger partial charge < -0.3 is 11.1 Å². The fraction of sp³-hybridized carbons (Fsp3) is 0.259. The highest BCUT2D eigenvalue weighted by Crippen LogP contribution is 2.26. The molecule has 3 aromatic carbocycles. The molecule has 0 aliphatic heterocycles. The number of aryl methyl sites for hydroxylation is 4. The zero-order valence-electron chi connectivity index (χ0n) is 20.5. The summed E-state index contributed by atoms with van der Waals surface area (Å²) in [5.74, 6) is -0.911. The number of primary amides is 1. The summed E-state index contributed by atoms with van der Waals surface area (Å²) in [4.78, 5) is 24.3. The highest BCUT2D eigenvalue weighted by molar-refractivity contribution is 7.89. The highest BCUT2D eigenvalue weighted by atomic mass is 32.2. The van der Waals surface area contributed by atoms with E-state index >= 15 is 0 Å². The second kappa shape index (κ2) is 10.8. The molecule has 0 radical (unpaired) electrons. The summed E-state index contributed by atoms with van der Waals surface area (Å²) in [6.07, 6.45) is 0.103. The average molecular weight is 494 g/mol. The first kappa shape index (κ1) is 26.1. The first-order valence-corrected chi connectivity index (χ1v) is 12.7. The molecule has 0 saturated carbocycles. The van der Waals surface area contributed by atoms with Crippen LogP contribution in [0, 0.1) is 27.7 Å². The van der Waals surface area contributed by atoms with Crippen molar-refractivity contribution in [1.82, 2.24) is 4.31 Å². The van der Waals surface area contributed by atoms with Crippen molar-refractivity contribution in [3.05, 3.63) is 94.0 Å². The third-order valence-corrected chi connectivity index (χ3v) is 7.72. The van der Waals surface area contributed by atoms with Gasteiger partial charge in [0, 0.05) is 12.2 Å². The van der Waals surface area contributed by atoms with Crippen LogP contribution in [0.4, 0.5) is 5.69 Å². The van der Waals surface area contributed by atoms with Gasteiger partial charge in [-0.15, -0.1) is 0 Å². The van der Waals surface area contributed by atoms with E-state index in [4.69, 9.17) is 5.73 Å². The minimum Gasteiger partial charge on any atom is -0.369 e. The number of carbonyl (C=O) groups excluding carboxylic acids is 2. The number of rotatable bonds is 9. The lowest BCUT2D eigenvalue weighted by atomic mass is 10.1. The number of carbonyl (C=O) groups is 2. The van der Waals surface area contributed by atoms with Crippen LogP contribution in [0.2, 0.25) is 0 Å². The molecule has 2 amide bonds. The van der Waals surface area contributed by atoms with Crippen molar-refractivity contribution in [3.63, 3.8) is 0 Å². The molecule has 35 heavy (non-hydrogen) atoms. The van der Waals surface area contributed by atoms with Gasteiger partial charge in [0.1, 0.15) is 0 Å². The average Bonchev–Trinajstić information content (AvgIpc) is 2.75. The summed E-state index contributed by atoms with van der Waals surface area (Å²) in [6, 6.07) is 17.9. The van der Waals surface area contributed by atoms with Gasteiger partial charge in [-0.3, -0.25) is 9.59 Å². The Hall–Kier alpha value is -3.49. The minimum atomic E-state index is -3.97. The van der Waals surface area contributed by atoms with Gasteiger partial charge in [0.2, 0.25) is 21.8 Å². The van der Waals surface area contributed by atoms with E-state index in [1.54, 1.807) is 38.1 Å². The molecule has 0 spiro atoms. The first-order valence-electron chi connectivity index (χ1n) is 11.3. The number of nitrogens with one attached hydrogen (secondary N) is 1. The summed E-state index contributed by atoms with van der Waals surface area (Å²) in [5.41, 5.74) is 10.5. The Morgan fingerprint density at radius 2 is 1.37 bits per heavy atom. The number of benzene rings is 3. The molecular formula is C27H31N3O4S. The van der Waals surface area contributed by atoms with Crippen LogP contribution in [-0.2, 0) is 32.6 Å². The molecule has 0 bridgehead atoms. The van der Waals surface area contributed by atoms with Gasteiger partial charge in [0.05, 0.1) is 17.9 Å². The molecule has 0 aliphatic carbocycles. The van der Waals surface area contributed by atoms with Crippen LogP contribution >= 0.6 is 0 Å². The Kier molecular flexibility index (Phi) is 8.09. The Morgan fingerprint density at radius 1 is 0.829 bits per heavy atom. The molecular weight excluding hydrogens is 462 g/mol. The van der Waals surface area contributed by atoms with Crippen molar-refractivity contribution in [2.45, 2.75) is 45.6 Å². The molecule has 0 aromatic heterocycles. The van der Waals surface area contributed by atoms with Gasteiger partial charge in [-0.05, 0) is 62.1 Å². The van der Waals surface area contributed by atoms with E-state index in [1.807, 2.05) is 50.2 Å². The van der Waals surface area contributed by atoms with Gasteiger partial charge in [0.25, 0.3) is 0 Å². The van der Waals surface area contributed by atoms with Crippen molar-refractivity contribution < 1.29 is 18.0 Å². The van der Waals surface area contributed by atoms with Crippen LogP contribution < -0.4 is 11.1 Å². The first-order chi connectivity index (χ1) is 16.5. The Morgan fingerprint density at radius 3 is 1.91 bits per heavy atom. The maximum absolute atomic E-state index is 13.8. The SMILES string of the molecule is Cc1ccc(CN(CC(=O)Nc2ccc(CC(N)=O)cc2)S(=O)(=O)c2c(C)cc(C)cc2C)cc1. The van der Waals surface area contributed by atoms with Crippen molar-refractivity contribution in [2.24, 2.45) is 5.73 Å². The lowest BCUT2D eigenvalue weighted by molar-refractivity contribution is -0.117. The summed E-state index contributed by atoms with van der Waals surface area (Å²) in [5, 5.41) is 2.75. The maximum Gasteiger partial charge on any atom is 0.244 e. The van der Waals surface area contributed by atoms with E-state index in [-0.39, 0.29) is 24.4 Å². The van der Waals surface area contributed by atoms with E-state index in [1.165, 1.54) is 4.31 Å². The summed E-state index contributed by atoms with van der Waals surface area (Å²) in [6.45, 7) is 7.11. The highest BCUT2D eigenvalue weighted by Gasteiger charge is 2.30. The third kappa shape index (κ3) is 6.77. The van der Waals surface area contributed by atoms with Crippen LogP contribution in [0.25, 0.3) is 0 Å². The summed E-state index contributed by atoms with van der Waals surface area (Å²) < 4.78 is 28.8. The quantitative estimate of drug-likeness (QED) is 0.473. The van der Waals surface area contributed by atoms with E-state index in [0.717, 1.165) is 22.3 Å². The lowest BCUT2D eigenvalue weighted by Crippen LogP contribution is -2.38. The van der Waals surface area contributed by atoms with Gasteiger partial charge in [-0.1, -0.05) is 59.7 Å². The molecule has 0 unspecified atom stereocenters. The molecule has 3 aromatic rings. The van der Waals surface area contributed by atoms with Gasteiger partial charge in [-0.2, -0.15) is 4.31 Å². The predicted molar refractivity (Wildman–Crippen MR) is 137 cm³/mol. The Labute approximate surface area is 207 Å². The van der Waals surface area contributed by atoms with E-state index in [2.05, 4.69) is 5.32 Å². The maximum atomic E-state index is 13.8. The Balaban J connectivity index is 1.89. The van der Waals surface area contributed by atoms with Crippen molar-refractivity contribution in [1.29, 1.82) is 0 Å². The second-order valence-electron chi connectivity index (χ2n) is 8.87. The zero-order chi connectivity index (χ0) is 25.8. The van der Waals surface area contributed by atoms with Crippen LogP contribution in [0.15, 0.2) is 65.6 Å². The normalized spacial score (nSPS) is 11.5. The van der Waals surface area contributed by atoms with E-state index in [9.17, 15) is 18.0 Å². The van der Waals surface area contributed by atoms with E-state index in [0.29, 0.717) is 16.8 Å². The molecule has 8 heteroatoms. The predicted octanol–water partition coefficient (Wildman–Crippen LogP) is 3.78. The number of amides is 2. The molecule has 0 saturated heterocycles. The Bertz CT molecular complexity index is 1310. The van der Waals surface area contributed by atoms with Crippen molar-refractivity contribution >= 4 is 27.5 Å². The number of hydrogen-bond donors (Lipinski definition) is 2. The minimum absolute atomic E-state index is 0.0559. The summed E-state index contributed by atoms with van der Waals surface area (Å²) >= 11 is 0. The van der Waals surface area contributed by atoms with Gasteiger partial charge >= 0.3 is 0 Å². The van der Waals surface area contributed by atoms with Crippen LogP contribution in [0.3, 0.4) is 0 Å². The largest absolute Gasteiger partial charge is 0.369 e. The molecule has 0 fully saturated rings. The summed E-state index contributed by atoms with van der Waals surface area (Å²) in [7, 11) is -3.97. The van der Waals surface area contributed by atoms with E-state index < -0.39 is 21.8 Å². The number of hydrogen-bond acceptors (Lipinski definition) is 4. The molecule has 184 valence electrons.